The van der Waals surface area contributed by atoms with Gasteiger partial charge in [-0.3, -0.25) is 10.1 Å². The Morgan fingerprint density at radius 1 is 1.41 bits per heavy atom. The molecule has 8 heteroatoms. The van der Waals surface area contributed by atoms with Gasteiger partial charge >= 0.3 is 6.18 Å². The topological polar surface area (TPSA) is 58.7 Å². The van der Waals surface area contributed by atoms with Crippen molar-refractivity contribution >= 4 is 17.2 Å². The monoisotopic (exact) mass is 317 g/mol. The number of hydrogen-bond donors (Lipinski definition) is 0. The van der Waals surface area contributed by atoms with Crippen molar-refractivity contribution in [3.63, 3.8) is 0 Å². The van der Waals surface area contributed by atoms with E-state index in [1.165, 1.54) is 6.07 Å². The summed E-state index contributed by atoms with van der Waals surface area (Å²) in [7, 11) is 3.50. The van der Waals surface area contributed by atoms with Gasteiger partial charge in [0.1, 0.15) is 11.4 Å². The highest BCUT2D eigenvalue weighted by Crippen LogP contribution is 2.38. The fourth-order valence-electron chi connectivity index (χ4n) is 1.95. The first-order chi connectivity index (χ1) is 10.1. The van der Waals surface area contributed by atoms with E-state index in [2.05, 4.69) is 4.99 Å². The summed E-state index contributed by atoms with van der Waals surface area (Å²) in [4.78, 5) is 15.6. The van der Waals surface area contributed by atoms with E-state index < -0.39 is 22.4 Å². The fourth-order valence-corrected chi connectivity index (χ4v) is 1.95. The summed E-state index contributed by atoms with van der Waals surface area (Å²) in [6.45, 7) is 3.86. The number of nitrogens with zero attached hydrogens (tertiary/aromatic N) is 3. The van der Waals surface area contributed by atoms with E-state index in [1.807, 2.05) is 13.8 Å². The number of amidine groups is 1. The normalized spacial score (nSPS) is 13.9. The smallest absolute Gasteiger partial charge is 0.366 e. The van der Waals surface area contributed by atoms with Crippen molar-refractivity contribution in [1.82, 2.24) is 4.90 Å². The number of hydrogen-bond acceptors (Lipinski definition) is 3. The third-order valence-electron chi connectivity index (χ3n) is 3.24. The Labute approximate surface area is 126 Å². The highest BCUT2D eigenvalue weighted by Gasteiger charge is 2.38. The number of rotatable bonds is 4. The minimum absolute atomic E-state index is 0.0434. The molecule has 0 saturated heterocycles. The maximum atomic E-state index is 12.9. The lowest BCUT2D eigenvalue weighted by molar-refractivity contribution is -0.388. The first-order valence-corrected chi connectivity index (χ1v) is 6.69. The predicted molar refractivity (Wildman–Crippen MR) is 78.3 cm³/mol. The number of nitro benzene ring substituents is 1. The molecule has 0 aromatic heterocycles. The summed E-state index contributed by atoms with van der Waals surface area (Å²) < 4.78 is 38.8. The van der Waals surface area contributed by atoms with Crippen LogP contribution in [-0.2, 0) is 6.18 Å². The van der Waals surface area contributed by atoms with Crippen LogP contribution in [0.4, 0.5) is 24.5 Å². The van der Waals surface area contributed by atoms with Crippen LogP contribution in [0.15, 0.2) is 23.2 Å². The van der Waals surface area contributed by atoms with Crippen LogP contribution in [-0.4, -0.2) is 29.8 Å². The Morgan fingerprint density at radius 2 is 2.00 bits per heavy atom. The van der Waals surface area contributed by atoms with Gasteiger partial charge < -0.3 is 4.90 Å². The Balaban J connectivity index is 3.41. The molecule has 0 bridgehead atoms. The van der Waals surface area contributed by atoms with Crippen LogP contribution in [0.5, 0.6) is 0 Å². The molecule has 122 valence electrons. The highest BCUT2D eigenvalue weighted by atomic mass is 19.4. The third-order valence-corrected chi connectivity index (χ3v) is 3.24. The van der Waals surface area contributed by atoms with Crippen molar-refractivity contribution in [3.05, 3.63) is 33.9 Å². The molecule has 0 amide bonds. The van der Waals surface area contributed by atoms with E-state index in [0.29, 0.717) is 11.9 Å². The molecular weight excluding hydrogens is 299 g/mol. The van der Waals surface area contributed by atoms with Crippen LogP contribution < -0.4 is 0 Å². The van der Waals surface area contributed by atoms with Gasteiger partial charge in [0.25, 0.3) is 5.69 Å². The van der Waals surface area contributed by atoms with E-state index >= 15 is 0 Å². The van der Waals surface area contributed by atoms with Crippen LogP contribution in [0.2, 0.25) is 0 Å². The molecule has 0 N–H and O–H groups in total. The zero-order valence-electron chi connectivity index (χ0n) is 12.8. The van der Waals surface area contributed by atoms with Crippen molar-refractivity contribution in [2.75, 3.05) is 14.1 Å². The second kappa shape index (κ2) is 6.76. The van der Waals surface area contributed by atoms with Gasteiger partial charge in [-0.05, 0) is 18.6 Å². The molecule has 0 radical (unpaired) electrons. The molecule has 5 nitrogen and oxygen atoms in total. The zero-order chi connectivity index (χ0) is 17.1. The van der Waals surface area contributed by atoms with Crippen LogP contribution >= 0.6 is 0 Å². The zero-order valence-corrected chi connectivity index (χ0v) is 12.8. The summed E-state index contributed by atoms with van der Waals surface area (Å²) in [5.74, 6) is 0.670. The van der Waals surface area contributed by atoms with Crippen molar-refractivity contribution in [3.8, 4) is 0 Å². The molecule has 0 fully saturated rings. The molecule has 22 heavy (non-hydrogen) atoms. The minimum Gasteiger partial charge on any atom is -0.366 e. The highest BCUT2D eigenvalue weighted by molar-refractivity contribution is 5.86. The molecule has 1 aromatic rings. The van der Waals surface area contributed by atoms with E-state index in [-0.39, 0.29) is 11.6 Å². The summed E-state index contributed by atoms with van der Waals surface area (Å²) in [6.07, 6.45) is -4.03. The van der Waals surface area contributed by atoms with Gasteiger partial charge in [0, 0.05) is 26.1 Å². The fraction of sp³-hybridized carbons (Fsp3) is 0.500. The van der Waals surface area contributed by atoms with E-state index in [4.69, 9.17) is 0 Å². The second-order valence-corrected chi connectivity index (χ2v) is 5.13. The number of alkyl halides is 3. The number of benzene rings is 1. The predicted octanol–water partition coefficient (Wildman–Crippen LogP) is 4.25. The SMILES string of the molecule is CCC(C)C(=Nc1ccc([N+](=O)[O-])c(C(F)(F)F)c1)N(C)C. The van der Waals surface area contributed by atoms with E-state index in [9.17, 15) is 23.3 Å². The summed E-state index contributed by atoms with van der Waals surface area (Å²) in [6, 6.07) is 2.77. The third kappa shape index (κ3) is 4.19. The van der Waals surface area contributed by atoms with Crippen molar-refractivity contribution in [2.24, 2.45) is 10.9 Å². The summed E-state index contributed by atoms with van der Waals surface area (Å²) in [5.41, 5.74) is -2.22. The Bertz CT molecular complexity index is 583. The van der Waals surface area contributed by atoms with E-state index in [1.54, 1.807) is 19.0 Å². The summed E-state index contributed by atoms with van der Waals surface area (Å²) in [5, 5.41) is 10.7. The number of halogens is 3. The van der Waals surface area contributed by atoms with E-state index in [0.717, 1.165) is 12.5 Å². The van der Waals surface area contributed by atoms with Crippen LogP contribution in [0.3, 0.4) is 0 Å². The van der Waals surface area contributed by atoms with Crippen molar-refractivity contribution in [2.45, 2.75) is 26.4 Å². The lowest BCUT2D eigenvalue weighted by Gasteiger charge is -2.21. The molecule has 1 aromatic carbocycles. The van der Waals surface area contributed by atoms with Crippen molar-refractivity contribution in [1.29, 1.82) is 0 Å². The van der Waals surface area contributed by atoms with Crippen LogP contribution in [0.1, 0.15) is 25.8 Å². The van der Waals surface area contributed by atoms with Gasteiger partial charge in [-0.15, -0.1) is 0 Å². The van der Waals surface area contributed by atoms with Crippen LogP contribution in [0.25, 0.3) is 0 Å². The quantitative estimate of drug-likeness (QED) is 0.361. The molecule has 0 aliphatic carbocycles. The first-order valence-electron chi connectivity index (χ1n) is 6.69. The molecule has 0 spiro atoms. The second-order valence-electron chi connectivity index (χ2n) is 5.13. The first kappa shape index (κ1) is 17.9. The maximum absolute atomic E-state index is 12.9. The average molecular weight is 317 g/mol. The van der Waals surface area contributed by atoms with Crippen LogP contribution in [0, 0.1) is 16.0 Å². The Hall–Kier alpha value is -2.12. The molecule has 0 aliphatic rings. The number of aliphatic imine (C=N–C) groups is 1. The van der Waals surface area contributed by atoms with Gasteiger partial charge in [0.15, 0.2) is 0 Å². The molecule has 1 atom stereocenters. The molecule has 0 saturated carbocycles. The maximum Gasteiger partial charge on any atom is 0.423 e. The van der Waals surface area contributed by atoms with Gasteiger partial charge in [-0.25, -0.2) is 4.99 Å². The summed E-state index contributed by atoms with van der Waals surface area (Å²) >= 11 is 0. The van der Waals surface area contributed by atoms with Gasteiger partial charge in [0.2, 0.25) is 0 Å². The standard InChI is InChI=1S/C14H18F3N3O2/c1-5-9(2)13(19(3)4)18-10-6-7-12(20(21)22)11(8-10)14(15,16)17/h6-9H,5H2,1-4H3. The minimum atomic E-state index is -4.80. The van der Waals surface area contributed by atoms with Crippen molar-refractivity contribution < 1.29 is 18.1 Å². The lowest BCUT2D eigenvalue weighted by atomic mass is 10.1. The van der Waals surface area contributed by atoms with Gasteiger partial charge in [-0.1, -0.05) is 13.8 Å². The molecule has 0 heterocycles. The Morgan fingerprint density at radius 3 is 2.41 bits per heavy atom. The molecule has 1 unspecified atom stereocenters. The number of nitro groups is 1. The molecular formula is C14H18F3N3O2. The largest absolute Gasteiger partial charge is 0.423 e. The molecule has 0 aliphatic heterocycles. The Kier molecular flexibility index (Phi) is 5.51. The molecule has 1 rings (SSSR count). The van der Waals surface area contributed by atoms with Gasteiger partial charge in [-0.2, -0.15) is 13.2 Å². The average Bonchev–Trinajstić information content (AvgIpc) is 2.42. The lowest BCUT2D eigenvalue weighted by Crippen LogP contribution is -2.27. The van der Waals surface area contributed by atoms with Gasteiger partial charge in [0.05, 0.1) is 10.6 Å².